The van der Waals surface area contributed by atoms with Crippen LogP contribution in [0.25, 0.3) is 0 Å². The smallest absolute Gasteiger partial charge is 0.0429 e. The van der Waals surface area contributed by atoms with Crippen LogP contribution in [0.1, 0.15) is 19.4 Å². The van der Waals surface area contributed by atoms with Crippen LogP contribution in [-0.4, -0.2) is 30.1 Å². The predicted molar refractivity (Wildman–Crippen MR) is 74.5 cm³/mol. The van der Waals surface area contributed by atoms with Crippen LogP contribution in [0.2, 0.25) is 0 Å². The van der Waals surface area contributed by atoms with Crippen LogP contribution in [-0.2, 0) is 6.42 Å². The van der Waals surface area contributed by atoms with Crippen LogP contribution in [0.15, 0.2) is 36.9 Å². The molecule has 17 heavy (non-hydrogen) atoms. The number of nitrogens with zero attached hydrogens (tertiary/aromatic N) is 1. The summed E-state index contributed by atoms with van der Waals surface area (Å²) in [5.74, 6) is 0. The first kappa shape index (κ1) is 12.2. The Morgan fingerprint density at radius 2 is 2.24 bits per heavy atom. The van der Waals surface area contributed by atoms with E-state index in [0.29, 0.717) is 12.1 Å². The molecule has 0 aromatic heterocycles. The Morgan fingerprint density at radius 3 is 2.88 bits per heavy atom. The molecule has 1 unspecified atom stereocenters. The molecule has 0 saturated heterocycles. The topological polar surface area (TPSA) is 15.3 Å². The van der Waals surface area contributed by atoms with Gasteiger partial charge in [0.2, 0.25) is 0 Å². The van der Waals surface area contributed by atoms with Crippen LogP contribution < -0.4 is 5.32 Å². The van der Waals surface area contributed by atoms with Gasteiger partial charge in [-0.25, -0.2) is 0 Å². The molecule has 1 heterocycles. The molecule has 2 rings (SSSR count). The molecule has 2 nitrogen and oxygen atoms in total. The fraction of sp³-hybridized carbons (Fsp3) is 0.467. The van der Waals surface area contributed by atoms with Crippen LogP contribution in [0.5, 0.6) is 0 Å². The van der Waals surface area contributed by atoms with E-state index in [4.69, 9.17) is 0 Å². The van der Waals surface area contributed by atoms with Crippen molar-refractivity contribution >= 4 is 5.69 Å². The van der Waals surface area contributed by atoms with Crippen molar-refractivity contribution in [1.82, 2.24) is 4.90 Å². The zero-order valence-electron chi connectivity index (χ0n) is 10.8. The highest BCUT2D eigenvalue weighted by molar-refractivity contribution is 5.56. The third-order valence-corrected chi connectivity index (χ3v) is 3.39. The second-order valence-electron chi connectivity index (χ2n) is 5.04. The van der Waals surface area contributed by atoms with E-state index >= 15 is 0 Å². The Bertz CT molecular complexity index is 359. The Kier molecular flexibility index (Phi) is 3.85. The quantitative estimate of drug-likeness (QED) is 0.782. The van der Waals surface area contributed by atoms with Crippen molar-refractivity contribution in [2.45, 2.75) is 32.4 Å². The number of benzene rings is 1. The van der Waals surface area contributed by atoms with Gasteiger partial charge in [0, 0.05) is 30.9 Å². The van der Waals surface area contributed by atoms with E-state index in [1.165, 1.54) is 11.3 Å². The second kappa shape index (κ2) is 5.37. The van der Waals surface area contributed by atoms with Gasteiger partial charge in [-0.2, -0.15) is 0 Å². The highest BCUT2D eigenvalue weighted by Gasteiger charge is 2.22. The molecule has 0 fully saturated rings. The number of anilines is 1. The summed E-state index contributed by atoms with van der Waals surface area (Å²) in [4.78, 5) is 2.45. The molecule has 1 aromatic carbocycles. The van der Waals surface area contributed by atoms with Gasteiger partial charge in [-0.15, -0.1) is 6.58 Å². The van der Waals surface area contributed by atoms with Gasteiger partial charge < -0.3 is 5.32 Å². The fourth-order valence-electron chi connectivity index (χ4n) is 2.43. The Labute approximate surface area is 104 Å². The van der Waals surface area contributed by atoms with Gasteiger partial charge in [-0.1, -0.05) is 24.3 Å². The summed E-state index contributed by atoms with van der Waals surface area (Å²) >= 11 is 0. The summed E-state index contributed by atoms with van der Waals surface area (Å²) in [6, 6.07) is 9.71. The first-order valence-corrected chi connectivity index (χ1v) is 6.40. The van der Waals surface area contributed by atoms with Gasteiger partial charge in [0.15, 0.2) is 0 Å². The Hall–Kier alpha value is -1.28. The maximum absolute atomic E-state index is 3.83. The van der Waals surface area contributed by atoms with E-state index in [0.717, 1.165) is 19.5 Å². The van der Waals surface area contributed by atoms with Gasteiger partial charge in [-0.05, 0) is 31.9 Å². The van der Waals surface area contributed by atoms with Crippen molar-refractivity contribution in [2.24, 2.45) is 0 Å². The third-order valence-electron chi connectivity index (χ3n) is 3.39. The molecule has 1 atom stereocenters. The first-order chi connectivity index (χ1) is 8.20. The maximum atomic E-state index is 3.83. The number of nitrogens with one attached hydrogen (secondary N) is 1. The average Bonchev–Trinajstić information content (AvgIpc) is 2.70. The standard InChI is InChI=1S/C15H22N2/c1-4-9-17(12(2)3)11-14-10-13-7-5-6-8-15(13)16-14/h4-8,12,14,16H,1,9-11H2,2-3H3. The number of hydrogen-bond acceptors (Lipinski definition) is 2. The molecule has 0 amide bonds. The Morgan fingerprint density at radius 1 is 1.47 bits per heavy atom. The summed E-state index contributed by atoms with van der Waals surface area (Å²) in [6.45, 7) is 10.4. The van der Waals surface area contributed by atoms with Crippen molar-refractivity contribution < 1.29 is 0 Å². The summed E-state index contributed by atoms with van der Waals surface area (Å²) in [6.07, 6.45) is 3.12. The van der Waals surface area contributed by atoms with E-state index in [-0.39, 0.29) is 0 Å². The molecule has 1 aromatic rings. The average molecular weight is 230 g/mol. The number of rotatable bonds is 5. The summed E-state index contributed by atoms with van der Waals surface area (Å²) < 4.78 is 0. The summed E-state index contributed by atoms with van der Waals surface area (Å²) in [5, 5.41) is 3.60. The van der Waals surface area contributed by atoms with Gasteiger partial charge in [0.05, 0.1) is 0 Å². The number of para-hydroxylation sites is 1. The van der Waals surface area contributed by atoms with E-state index in [9.17, 15) is 0 Å². The van der Waals surface area contributed by atoms with Crippen LogP contribution in [0.4, 0.5) is 5.69 Å². The lowest BCUT2D eigenvalue weighted by molar-refractivity contribution is 0.237. The van der Waals surface area contributed by atoms with Crippen molar-refractivity contribution in [3.63, 3.8) is 0 Å². The minimum Gasteiger partial charge on any atom is -0.380 e. The summed E-state index contributed by atoms with van der Waals surface area (Å²) in [5.41, 5.74) is 2.75. The van der Waals surface area contributed by atoms with Gasteiger partial charge >= 0.3 is 0 Å². The van der Waals surface area contributed by atoms with Crippen LogP contribution in [0, 0.1) is 0 Å². The molecule has 2 heteroatoms. The monoisotopic (exact) mass is 230 g/mol. The Balaban J connectivity index is 1.96. The number of fused-ring (bicyclic) bond motifs is 1. The SMILES string of the molecule is C=CCN(CC1Cc2ccccc2N1)C(C)C. The molecule has 0 aliphatic carbocycles. The van der Waals surface area contributed by atoms with E-state index in [2.05, 4.69) is 54.9 Å². The van der Waals surface area contributed by atoms with E-state index in [1.54, 1.807) is 0 Å². The molecular formula is C15H22N2. The van der Waals surface area contributed by atoms with Crippen molar-refractivity contribution in [1.29, 1.82) is 0 Å². The molecule has 1 aliphatic heterocycles. The third kappa shape index (κ3) is 2.89. The largest absolute Gasteiger partial charge is 0.380 e. The molecule has 0 spiro atoms. The lowest BCUT2D eigenvalue weighted by Gasteiger charge is -2.28. The second-order valence-corrected chi connectivity index (χ2v) is 5.04. The minimum atomic E-state index is 0.537. The van der Waals surface area contributed by atoms with E-state index in [1.807, 2.05) is 6.08 Å². The predicted octanol–water partition coefficient (Wildman–Crippen LogP) is 2.92. The van der Waals surface area contributed by atoms with Crippen molar-refractivity contribution in [3.05, 3.63) is 42.5 Å². The fourth-order valence-corrected chi connectivity index (χ4v) is 2.43. The molecule has 1 aliphatic rings. The minimum absolute atomic E-state index is 0.537. The molecule has 0 radical (unpaired) electrons. The number of hydrogen-bond donors (Lipinski definition) is 1. The first-order valence-electron chi connectivity index (χ1n) is 6.40. The van der Waals surface area contributed by atoms with Gasteiger partial charge in [0.25, 0.3) is 0 Å². The molecule has 1 N–H and O–H groups in total. The van der Waals surface area contributed by atoms with Gasteiger partial charge in [0.1, 0.15) is 0 Å². The lowest BCUT2D eigenvalue weighted by Crippen LogP contribution is -2.39. The van der Waals surface area contributed by atoms with E-state index < -0.39 is 0 Å². The zero-order valence-corrected chi connectivity index (χ0v) is 10.8. The summed E-state index contributed by atoms with van der Waals surface area (Å²) in [7, 11) is 0. The highest BCUT2D eigenvalue weighted by atomic mass is 15.2. The van der Waals surface area contributed by atoms with Crippen LogP contribution >= 0.6 is 0 Å². The molecular weight excluding hydrogens is 208 g/mol. The normalized spacial score (nSPS) is 18.2. The van der Waals surface area contributed by atoms with Crippen molar-refractivity contribution in [2.75, 3.05) is 18.4 Å². The van der Waals surface area contributed by atoms with Gasteiger partial charge in [-0.3, -0.25) is 4.90 Å². The molecule has 92 valence electrons. The van der Waals surface area contributed by atoms with Crippen LogP contribution in [0.3, 0.4) is 0 Å². The lowest BCUT2D eigenvalue weighted by atomic mass is 10.1. The molecule has 0 saturated carbocycles. The van der Waals surface area contributed by atoms with Crippen molar-refractivity contribution in [3.8, 4) is 0 Å². The molecule has 0 bridgehead atoms. The maximum Gasteiger partial charge on any atom is 0.0429 e. The zero-order chi connectivity index (χ0) is 12.3. The highest BCUT2D eigenvalue weighted by Crippen LogP contribution is 2.25.